The fraction of sp³-hybridized carbons (Fsp3) is 0.304. The number of aromatic nitrogens is 2. The molecule has 3 aromatic rings. The van der Waals surface area contributed by atoms with Crippen molar-refractivity contribution in [3.8, 4) is 11.5 Å². The molecule has 2 N–H and O–H groups in total. The highest BCUT2D eigenvalue weighted by molar-refractivity contribution is 5.91. The summed E-state index contributed by atoms with van der Waals surface area (Å²) in [6.07, 6.45) is 5.77. The van der Waals surface area contributed by atoms with Crippen LogP contribution in [0.25, 0.3) is 11.5 Å². The van der Waals surface area contributed by atoms with Gasteiger partial charge in [0.15, 0.2) is 0 Å². The van der Waals surface area contributed by atoms with Crippen molar-refractivity contribution in [2.45, 2.75) is 46.1 Å². The van der Waals surface area contributed by atoms with Crippen LogP contribution in [-0.2, 0) is 22.6 Å². The maximum Gasteiger partial charge on any atom is 0.226 e. The molecule has 7 nitrogen and oxygen atoms in total. The van der Waals surface area contributed by atoms with Crippen molar-refractivity contribution in [1.82, 2.24) is 15.3 Å². The normalized spacial score (nSPS) is 10.6. The van der Waals surface area contributed by atoms with Gasteiger partial charge in [-0.1, -0.05) is 19.1 Å². The Morgan fingerprint density at radius 2 is 1.97 bits per heavy atom. The van der Waals surface area contributed by atoms with E-state index < -0.39 is 0 Å². The first-order valence-corrected chi connectivity index (χ1v) is 10.1. The second-order valence-corrected chi connectivity index (χ2v) is 7.04. The van der Waals surface area contributed by atoms with E-state index in [4.69, 9.17) is 4.42 Å². The van der Waals surface area contributed by atoms with E-state index in [1.807, 2.05) is 50.2 Å². The second kappa shape index (κ2) is 10.3. The van der Waals surface area contributed by atoms with E-state index in [0.717, 1.165) is 17.5 Å². The first-order chi connectivity index (χ1) is 14.5. The first kappa shape index (κ1) is 21.2. The van der Waals surface area contributed by atoms with Crippen molar-refractivity contribution in [2.24, 2.45) is 0 Å². The molecule has 7 heteroatoms. The number of rotatable bonds is 9. The van der Waals surface area contributed by atoms with E-state index in [2.05, 4.69) is 20.6 Å². The van der Waals surface area contributed by atoms with Gasteiger partial charge in [0.1, 0.15) is 11.5 Å². The van der Waals surface area contributed by atoms with E-state index in [0.29, 0.717) is 48.8 Å². The van der Waals surface area contributed by atoms with Gasteiger partial charge in [0.25, 0.3) is 0 Å². The highest BCUT2D eigenvalue weighted by Gasteiger charge is 2.13. The molecule has 0 spiro atoms. The van der Waals surface area contributed by atoms with Crippen LogP contribution in [0.15, 0.2) is 53.2 Å². The predicted octanol–water partition coefficient (Wildman–Crippen LogP) is 4.03. The lowest BCUT2D eigenvalue weighted by atomic mass is 10.1. The summed E-state index contributed by atoms with van der Waals surface area (Å²) in [5.41, 5.74) is 3.15. The van der Waals surface area contributed by atoms with Crippen LogP contribution in [0, 0.1) is 6.92 Å². The van der Waals surface area contributed by atoms with Crippen molar-refractivity contribution in [3.05, 3.63) is 65.8 Å². The SMILES string of the molecule is CCCC(=O)NCc1nc(-c2cccc(NC(=O)CCc3cccnc3)c2)oc1C. The molecule has 3 rings (SSSR count). The largest absolute Gasteiger partial charge is 0.441 e. The average molecular weight is 406 g/mol. The Bertz CT molecular complexity index is 999. The second-order valence-electron chi connectivity index (χ2n) is 7.04. The summed E-state index contributed by atoms with van der Waals surface area (Å²) in [5.74, 6) is 1.04. The smallest absolute Gasteiger partial charge is 0.226 e. The van der Waals surface area contributed by atoms with Gasteiger partial charge in [0, 0.05) is 36.5 Å². The summed E-state index contributed by atoms with van der Waals surface area (Å²) in [5, 5.41) is 5.76. The van der Waals surface area contributed by atoms with Crippen LogP contribution >= 0.6 is 0 Å². The third kappa shape index (κ3) is 6.01. The van der Waals surface area contributed by atoms with Crippen molar-refractivity contribution in [1.29, 1.82) is 0 Å². The van der Waals surface area contributed by atoms with Crippen LogP contribution in [0.1, 0.15) is 43.2 Å². The fourth-order valence-corrected chi connectivity index (χ4v) is 2.97. The standard InChI is InChI=1S/C23H26N4O3/c1-3-6-21(28)25-15-20-16(2)30-23(27-20)18-8-4-9-19(13-18)26-22(29)11-10-17-7-5-12-24-14-17/h4-5,7-9,12-14H,3,6,10-11,15H2,1-2H3,(H,25,28)(H,26,29). The van der Waals surface area contributed by atoms with Crippen molar-refractivity contribution in [3.63, 3.8) is 0 Å². The molecule has 0 radical (unpaired) electrons. The molecule has 0 unspecified atom stereocenters. The molecule has 0 saturated heterocycles. The highest BCUT2D eigenvalue weighted by Crippen LogP contribution is 2.24. The van der Waals surface area contributed by atoms with Crippen LogP contribution in [0.3, 0.4) is 0 Å². The minimum Gasteiger partial charge on any atom is -0.441 e. The number of carbonyl (C=O) groups excluding carboxylic acids is 2. The zero-order valence-electron chi connectivity index (χ0n) is 17.3. The van der Waals surface area contributed by atoms with Gasteiger partial charge < -0.3 is 15.1 Å². The quantitative estimate of drug-likeness (QED) is 0.559. The molecule has 0 aliphatic rings. The van der Waals surface area contributed by atoms with Gasteiger partial charge in [-0.05, 0) is 49.6 Å². The lowest BCUT2D eigenvalue weighted by Crippen LogP contribution is -2.22. The van der Waals surface area contributed by atoms with Gasteiger partial charge >= 0.3 is 0 Å². The summed E-state index contributed by atoms with van der Waals surface area (Å²) in [6, 6.07) is 11.2. The summed E-state index contributed by atoms with van der Waals surface area (Å²) in [4.78, 5) is 32.5. The van der Waals surface area contributed by atoms with E-state index in [-0.39, 0.29) is 11.8 Å². The molecule has 2 amide bonds. The van der Waals surface area contributed by atoms with Crippen molar-refractivity contribution >= 4 is 17.5 Å². The Labute approximate surface area is 175 Å². The van der Waals surface area contributed by atoms with Crippen molar-refractivity contribution in [2.75, 3.05) is 5.32 Å². The van der Waals surface area contributed by atoms with Crippen LogP contribution in [0.5, 0.6) is 0 Å². The number of carbonyl (C=O) groups is 2. The monoisotopic (exact) mass is 406 g/mol. The maximum atomic E-state index is 12.3. The van der Waals surface area contributed by atoms with E-state index in [1.54, 1.807) is 12.4 Å². The average Bonchev–Trinajstić information content (AvgIpc) is 3.13. The lowest BCUT2D eigenvalue weighted by Gasteiger charge is -2.06. The molecule has 1 aromatic carbocycles. The molecule has 2 aromatic heterocycles. The van der Waals surface area contributed by atoms with Gasteiger partial charge in [-0.3, -0.25) is 14.6 Å². The number of hydrogen-bond donors (Lipinski definition) is 2. The van der Waals surface area contributed by atoms with Gasteiger partial charge in [-0.2, -0.15) is 0 Å². The first-order valence-electron chi connectivity index (χ1n) is 10.1. The van der Waals surface area contributed by atoms with Crippen molar-refractivity contribution < 1.29 is 14.0 Å². The van der Waals surface area contributed by atoms with E-state index in [9.17, 15) is 9.59 Å². The molecular weight excluding hydrogens is 380 g/mol. The summed E-state index contributed by atoms with van der Waals surface area (Å²) in [6.45, 7) is 4.12. The zero-order valence-corrected chi connectivity index (χ0v) is 17.3. The number of hydrogen-bond acceptors (Lipinski definition) is 5. The Kier molecular flexibility index (Phi) is 7.32. The number of pyridine rings is 1. The molecule has 30 heavy (non-hydrogen) atoms. The zero-order chi connectivity index (χ0) is 21.3. The van der Waals surface area contributed by atoms with Gasteiger partial charge in [-0.25, -0.2) is 4.98 Å². The number of benzene rings is 1. The molecule has 0 bridgehead atoms. The molecule has 0 saturated carbocycles. The maximum absolute atomic E-state index is 12.3. The Hall–Kier alpha value is -3.48. The van der Waals surface area contributed by atoms with Crippen LogP contribution in [0.4, 0.5) is 5.69 Å². The topological polar surface area (TPSA) is 97.1 Å². The minimum absolute atomic E-state index is 0.00237. The third-order valence-corrected chi connectivity index (χ3v) is 4.58. The number of aryl methyl sites for hydroxylation is 2. The summed E-state index contributed by atoms with van der Waals surface area (Å²) in [7, 11) is 0. The molecule has 0 aliphatic carbocycles. The van der Waals surface area contributed by atoms with Crippen LogP contribution in [-0.4, -0.2) is 21.8 Å². The number of amides is 2. The highest BCUT2D eigenvalue weighted by atomic mass is 16.4. The predicted molar refractivity (Wildman–Crippen MR) is 115 cm³/mol. The Balaban J connectivity index is 1.61. The summed E-state index contributed by atoms with van der Waals surface area (Å²) >= 11 is 0. The van der Waals surface area contributed by atoms with E-state index in [1.165, 1.54) is 0 Å². The molecule has 2 heterocycles. The van der Waals surface area contributed by atoms with Crippen LogP contribution < -0.4 is 10.6 Å². The minimum atomic E-state index is -0.0705. The lowest BCUT2D eigenvalue weighted by molar-refractivity contribution is -0.121. The molecule has 0 aliphatic heterocycles. The Morgan fingerprint density at radius 3 is 2.73 bits per heavy atom. The third-order valence-electron chi connectivity index (χ3n) is 4.58. The molecule has 0 atom stereocenters. The van der Waals surface area contributed by atoms with Gasteiger partial charge in [0.2, 0.25) is 17.7 Å². The number of nitrogens with zero attached hydrogens (tertiary/aromatic N) is 2. The van der Waals surface area contributed by atoms with E-state index >= 15 is 0 Å². The van der Waals surface area contributed by atoms with Gasteiger partial charge in [0.05, 0.1) is 6.54 Å². The van der Waals surface area contributed by atoms with Crippen LogP contribution in [0.2, 0.25) is 0 Å². The number of anilines is 1. The van der Waals surface area contributed by atoms with Gasteiger partial charge in [-0.15, -0.1) is 0 Å². The molecular formula is C23H26N4O3. The number of nitrogens with one attached hydrogen (secondary N) is 2. The fourth-order valence-electron chi connectivity index (χ4n) is 2.97. The Morgan fingerprint density at radius 1 is 1.10 bits per heavy atom. The number of oxazole rings is 1. The molecule has 0 fully saturated rings. The molecule has 156 valence electrons. The summed E-state index contributed by atoms with van der Waals surface area (Å²) < 4.78 is 5.78.